The number of nitrogens with one attached hydrogen (secondary N) is 2. The molecule has 1 fully saturated rings. The Morgan fingerprint density at radius 1 is 1.08 bits per heavy atom. The Labute approximate surface area is 140 Å². The molecule has 3 rings (SSSR count). The Bertz CT molecular complexity index is 711. The van der Waals surface area contributed by atoms with Gasteiger partial charge in [-0.2, -0.15) is 0 Å². The highest BCUT2D eigenvalue weighted by molar-refractivity contribution is 5.73. The first kappa shape index (κ1) is 16.7. The molecule has 0 unspecified atom stereocenters. The highest BCUT2D eigenvalue weighted by atomic mass is 16.3. The van der Waals surface area contributed by atoms with Crippen molar-refractivity contribution in [2.45, 2.75) is 13.0 Å². The maximum absolute atomic E-state index is 11.7. The lowest BCUT2D eigenvalue weighted by Crippen LogP contribution is -2.45. The number of hydrogen-bond acceptors (Lipinski definition) is 7. The molecular formula is C17H24N4O3. The fraction of sp³-hybridized carbons (Fsp3) is 0.529. The quantitative estimate of drug-likeness (QED) is 0.539. The zero-order chi connectivity index (χ0) is 16.9. The van der Waals surface area contributed by atoms with Crippen LogP contribution in [0.3, 0.4) is 0 Å². The summed E-state index contributed by atoms with van der Waals surface area (Å²) in [5.41, 5.74) is -0.111. The van der Waals surface area contributed by atoms with Gasteiger partial charge in [-0.15, -0.1) is 0 Å². The van der Waals surface area contributed by atoms with Crippen LogP contribution in [0.15, 0.2) is 32.4 Å². The van der Waals surface area contributed by atoms with Crippen LogP contribution in [0.25, 0.3) is 0 Å². The summed E-state index contributed by atoms with van der Waals surface area (Å²) in [6.45, 7) is 6.48. The molecule has 1 aromatic carbocycles. The molecule has 0 radical (unpaired) electrons. The largest absolute Gasteiger partial charge is 0.467 e. The predicted octanol–water partition coefficient (Wildman–Crippen LogP) is 0.537. The third-order valence-electron chi connectivity index (χ3n) is 4.48. The standard InChI is InChI=1S/C17H24N4O3/c1-20-7-9-21(10-8-20)6-3-5-18-14-15(17(23)16(14)22)19-12-13-4-2-11-24-13/h2,4,11,18-19H,3,5-10,12H2,1H3. The molecule has 0 spiro atoms. The molecule has 0 amide bonds. The minimum atomic E-state index is -0.455. The zero-order valence-corrected chi connectivity index (χ0v) is 14.0. The number of rotatable bonds is 8. The SMILES string of the molecule is CN1CCN(CCCNc2c(NCc3ccco3)c(=O)c2=O)CC1. The summed E-state index contributed by atoms with van der Waals surface area (Å²) in [4.78, 5) is 28.2. The molecule has 2 N–H and O–H groups in total. The molecule has 0 saturated carbocycles. The van der Waals surface area contributed by atoms with Gasteiger partial charge in [0, 0.05) is 32.7 Å². The van der Waals surface area contributed by atoms with Gasteiger partial charge in [0.15, 0.2) is 0 Å². The van der Waals surface area contributed by atoms with Crippen molar-refractivity contribution >= 4 is 11.4 Å². The number of nitrogens with zero attached hydrogens (tertiary/aromatic N) is 2. The van der Waals surface area contributed by atoms with E-state index in [1.165, 1.54) is 0 Å². The van der Waals surface area contributed by atoms with Crippen LogP contribution in [0.1, 0.15) is 12.2 Å². The van der Waals surface area contributed by atoms with Crippen LogP contribution in [-0.2, 0) is 6.54 Å². The van der Waals surface area contributed by atoms with Gasteiger partial charge in [0.25, 0.3) is 10.9 Å². The Hall–Kier alpha value is -2.12. The summed E-state index contributed by atoms with van der Waals surface area (Å²) in [7, 11) is 2.14. The van der Waals surface area contributed by atoms with E-state index in [0.29, 0.717) is 24.5 Å². The van der Waals surface area contributed by atoms with Gasteiger partial charge in [0.05, 0.1) is 12.8 Å². The van der Waals surface area contributed by atoms with E-state index >= 15 is 0 Å². The molecule has 0 aliphatic carbocycles. The Balaban J connectivity index is 1.43. The minimum absolute atomic E-state index is 0.371. The Morgan fingerprint density at radius 2 is 1.79 bits per heavy atom. The van der Waals surface area contributed by atoms with Gasteiger partial charge in [-0.05, 0) is 32.1 Å². The summed E-state index contributed by atoms with van der Waals surface area (Å²) in [5.74, 6) is 0.726. The van der Waals surface area contributed by atoms with Gasteiger partial charge in [-0.3, -0.25) is 9.59 Å². The van der Waals surface area contributed by atoms with E-state index in [2.05, 4.69) is 27.5 Å². The van der Waals surface area contributed by atoms with E-state index in [0.717, 1.165) is 44.9 Å². The van der Waals surface area contributed by atoms with Crippen molar-refractivity contribution in [1.29, 1.82) is 0 Å². The average molecular weight is 332 g/mol. The Kier molecular flexibility index (Phi) is 5.32. The molecule has 24 heavy (non-hydrogen) atoms. The normalized spacial score (nSPS) is 16.5. The predicted molar refractivity (Wildman–Crippen MR) is 94.4 cm³/mol. The average Bonchev–Trinajstić information content (AvgIpc) is 3.11. The first-order valence-electron chi connectivity index (χ1n) is 8.39. The fourth-order valence-electron chi connectivity index (χ4n) is 2.91. The second-order valence-electron chi connectivity index (χ2n) is 6.27. The van der Waals surface area contributed by atoms with E-state index in [9.17, 15) is 9.59 Å². The van der Waals surface area contributed by atoms with Crippen LogP contribution in [0.4, 0.5) is 11.4 Å². The second kappa shape index (κ2) is 7.63. The van der Waals surface area contributed by atoms with Crippen LogP contribution in [-0.4, -0.2) is 56.1 Å². The number of likely N-dealkylation sites (N-methyl/N-ethyl adjacent to an activating group) is 1. The van der Waals surface area contributed by atoms with Crippen molar-refractivity contribution in [2.75, 3.05) is 56.9 Å². The molecule has 1 aliphatic rings. The lowest BCUT2D eigenvalue weighted by atomic mass is 10.2. The highest BCUT2D eigenvalue weighted by Gasteiger charge is 2.20. The van der Waals surface area contributed by atoms with Gasteiger partial charge < -0.3 is 24.9 Å². The summed E-state index contributed by atoms with van der Waals surface area (Å²) >= 11 is 0. The fourth-order valence-corrected chi connectivity index (χ4v) is 2.91. The lowest BCUT2D eigenvalue weighted by Gasteiger charge is -2.32. The monoisotopic (exact) mass is 332 g/mol. The maximum Gasteiger partial charge on any atom is 0.253 e. The molecule has 1 aliphatic heterocycles. The minimum Gasteiger partial charge on any atom is -0.467 e. The molecule has 2 heterocycles. The number of furan rings is 1. The first-order valence-corrected chi connectivity index (χ1v) is 8.39. The molecule has 0 atom stereocenters. The van der Waals surface area contributed by atoms with Crippen LogP contribution in [0.5, 0.6) is 0 Å². The molecule has 7 heteroatoms. The first-order chi connectivity index (χ1) is 11.6. The van der Waals surface area contributed by atoms with Crippen molar-refractivity contribution in [2.24, 2.45) is 0 Å². The smallest absolute Gasteiger partial charge is 0.253 e. The molecule has 1 saturated heterocycles. The summed E-state index contributed by atoms with van der Waals surface area (Å²) in [6.07, 6.45) is 2.52. The summed E-state index contributed by atoms with van der Waals surface area (Å²) in [5, 5.41) is 6.09. The van der Waals surface area contributed by atoms with Crippen LogP contribution >= 0.6 is 0 Å². The second-order valence-corrected chi connectivity index (χ2v) is 6.27. The van der Waals surface area contributed by atoms with E-state index < -0.39 is 10.9 Å². The maximum atomic E-state index is 11.7. The topological polar surface area (TPSA) is 77.8 Å². The zero-order valence-electron chi connectivity index (χ0n) is 14.0. The van der Waals surface area contributed by atoms with Gasteiger partial charge in [0.2, 0.25) is 0 Å². The Morgan fingerprint density at radius 3 is 2.46 bits per heavy atom. The molecule has 7 nitrogen and oxygen atoms in total. The van der Waals surface area contributed by atoms with Gasteiger partial charge in [0.1, 0.15) is 17.1 Å². The summed E-state index contributed by atoms with van der Waals surface area (Å²) in [6, 6.07) is 3.61. The molecule has 0 bridgehead atoms. The highest BCUT2D eigenvalue weighted by Crippen LogP contribution is 2.15. The van der Waals surface area contributed by atoms with E-state index in [1.807, 2.05) is 6.07 Å². The van der Waals surface area contributed by atoms with Crippen molar-refractivity contribution in [3.05, 3.63) is 44.6 Å². The molecular weight excluding hydrogens is 308 g/mol. The number of hydrogen-bond donors (Lipinski definition) is 2. The summed E-state index contributed by atoms with van der Waals surface area (Å²) < 4.78 is 5.21. The molecule has 130 valence electrons. The third kappa shape index (κ3) is 3.85. The van der Waals surface area contributed by atoms with E-state index in [4.69, 9.17) is 4.42 Å². The van der Waals surface area contributed by atoms with Crippen LogP contribution in [0.2, 0.25) is 0 Å². The van der Waals surface area contributed by atoms with Crippen molar-refractivity contribution in [1.82, 2.24) is 9.80 Å². The van der Waals surface area contributed by atoms with E-state index in [-0.39, 0.29) is 0 Å². The number of piperazine rings is 1. The van der Waals surface area contributed by atoms with Gasteiger partial charge >= 0.3 is 0 Å². The van der Waals surface area contributed by atoms with Crippen molar-refractivity contribution in [3.63, 3.8) is 0 Å². The van der Waals surface area contributed by atoms with Gasteiger partial charge in [-0.25, -0.2) is 0 Å². The number of anilines is 2. The van der Waals surface area contributed by atoms with Crippen molar-refractivity contribution < 1.29 is 4.42 Å². The van der Waals surface area contributed by atoms with Crippen LogP contribution < -0.4 is 21.5 Å². The van der Waals surface area contributed by atoms with E-state index in [1.54, 1.807) is 12.3 Å². The van der Waals surface area contributed by atoms with Crippen molar-refractivity contribution in [3.8, 4) is 0 Å². The van der Waals surface area contributed by atoms with Crippen LogP contribution in [0, 0.1) is 0 Å². The third-order valence-corrected chi connectivity index (χ3v) is 4.48. The lowest BCUT2D eigenvalue weighted by molar-refractivity contribution is 0.154. The molecule has 2 aromatic rings. The van der Waals surface area contributed by atoms with Gasteiger partial charge in [-0.1, -0.05) is 0 Å². The molecule has 1 aromatic heterocycles.